The van der Waals surface area contributed by atoms with Crippen LogP contribution in [0.5, 0.6) is 0 Å². The van der Waals surface area contributed by atoms with Crippen LogP contribution in [0, 0.1) is 6.92 Å². The molecule has 1 aromatic carbocycles. The molecule has 2 rings (SSSR count). The zero-order valence-electron chi connectivity index (χ0n) is 11.3. The molecule has 0 aliphatic heterocycles. The third-order valence-electron chi connectivity index (χ3n) is 2.95. The molecule has 0 radical (unpaired) electrons. The first-order valence-electron chi connectivity index (χ1n) is 6.46. The maximum Gasteiger partial charge on any atom is 0.0892 e. The summed E-state index contributed by atoms with van der Waals surface area (Å²) in [5.74, 6) is 0. The number of nitrogens with zero attached hydrogens (tertiary/aromatic N) is 2. The molecule has 3 heteroatoms. The summed E-state index contributed by atoms with van der Waals surface area (Å²) in [6.45, 7) is 7.29. The summed E-state index contributed by atoms with van der Waals surface area (Å²) in [7, 11) is 0. The normalized spacial score (nSPS) is 12.9. The van der Waals surface area contributed by atoms with Gasteiger partial charge in [0.1, 0.15) is 0 Å². The predicted octanol–water partition coefficient (Wildman–Crippen LogP) is 2.78. The van der Waals surface area contributed by atoms with Gasteiger partial charge in [-0.05, 0) is 18.1 Å². The highest BCUT2D eigenvalue weighted by molar-refractivity contribution is 5.20. The summed E-state index contributed by atoms with van der Waals surface area (Å²) < 4.78 is 2.04. The second kappa shape index (κ2) is 5.83. The lowest BCUT2D eigenvalue weighted by molar-refractivity contribution is 0.455. The molecule has 1 heterocycles. The number of rotatable bonds is 5. The fourth-order valence-electron chi connectivity index (χ4n) is 1.99. The van der Waals surface area contributed by atoms with Crippen LogP contribution in [-0.4, -0.2) is 22.4 Å². The third-order valence-corrected chi connectivity index (χ3v) is 2.95. The van der Waals surface area contributed by atoms with Crippen molar-refractivity contribution in [3.05, 3.63) is 53.9 Å². The van der Waals surface area contributed by atoms with Crippen LogP contribution in [0.3, 0.4) is 0 Å². The van der Waals surface area contributed by atoms with Crippen molar-refractivity contribution in [3.8, 4) is 0 Å². The second-order valence-corrected chi connectivity index (χ2v) is 4.99. The zero-order valence-corrected chi connectivity index (χ0v) is 11.3. The van der Waals surface area contributed by atoms with Crippen LogP contribution < -0.4 is 5.32 Å². The lowest BCUT2D eigenvalue weighted by Crippen LogP contribution is -2.31. The Labute approximate surface area is 109 Å². The fourth-order valence-corrected chi connectivity index (χ4v) is 1.99. The van der Waals surface area contributed by atoms with Gasteiger partial charge >= 0.3 is 0 Å². The lowest BCUT2D eigenvalue weighted by Gasteiger charge is -2.20. The molecule has 1 N–H and O–H groups in total. The molecule has 3 nitrogen and oxygen atoms in total. The van der Waals surface area contributed by atoms with Gasteiger partial charge < -0.3 is 5.32 Å². The Hall–Kier alpha value is -1.61. The highest BCUT2D eigenvalue weighted by atomic mass is 15.3. The van der Waals surface area contributed by atoms with Crippen LogP contribution >= 0.6 is 0 Å². The highest BCUT2D eigenvalue weighted by Gasteiger charge is 2.14. The van der Waals surface area contributed by atoms with Gasteiger partial charge in [0.2, 0.25) is 0 Å². The molecule has 0 amide bonds. The van der Waals surface area contributed by atoms with Gasteiger partial charge in [0.25, 0.3) is 0 Å². The number of hydrogen-bond donors (Lipinski definition) is 1. The molecule has 0 saturated carbocycles. The van der Waals surface area contributed by atoms with Crippen molar-refractivity contribution in [3.63, 3.8) is 0 Å². The molecule has 1 aromatic heterocycles. The monoisotopic (exact) mass is 243 g/mol. The first-order chi connectivity index (χ1) is 8.66. The van der Waals surface area contributed by atoms with Gasteiger partial charge in [-0.25, -0.2) is 0 Å². The smallest absolute Gasteiger partial charge is 0.0892 e. The lowest BCUT2D eigenvalue weighted by atomic mass is 10.1. The SMILES string of the molecule is Cc1cnn(C(CNC(C)C)c2ccccc2)c1. The Morgan fingerprint density at radius 1 is 1.22 bits per heavy atom. The summed E-state index contributed by atoms with van der Waals surface area (Å²) in [6, 6.07) is 11.2. The van der Waals surface area contributed by atoms with Crippen molar-refractivity contribution < 1.29 is 0 Å². The van der Waals surface area contributed by atoms with Gasteiger partial charge in [0.05, 0.1) is 12.2 Å². The topological polar surface area (TPSA) is 29.9 Å². The van der Waals surface area contributed by atoms with E-state index in [4.69, 9.17) is 0 Å². The van der Waals surface area contributed by atoms with Crippen LogP contribution in [0.2, 0.25) is 0 Å². The number of nitrogens with one attached hydrogen (secondary N) is 1. The van der Waals surface area contributed by atoms with Gasteiger partial charge in [-0.15, -0.1) is 0 Å². The average molecular weight is 243 g/mol. The molecule has 0 saturated heterocycles. The van der Waals surface area contributed by atoms with Crippen LogP contribution in [0.1, 0.15) is 31.0 Å². The first-order valence-corrected chi connectivity index (χ1v) is 6.46. The van der Waals surface area contributed by atoms with Crippen LogP contribution in [0.4, 0.5) is 0 Å². The largest absolute Gasteiger partial charge is 0.312 e. The van der Waals surface area contributed by atoms with Crippen molar-refractivity contribution in [1.29, 1.82) is 0 Å². The van der Waals surface area contributed by atoms with E-state index in [0.29, 0.717) is 6.04 Å². The van der Waals surface area contributed by atoms with E-state index in [-0.39, 0.29) is 6.04 Å². The Kier molecular flexibility index (Phi) is 4.15. The summed E-state index contributed by atoms with van der Waals surface area (Å²) in [5.41, 5.74) is 2.48. The van der Waals surface area contributed by atoms with E-state index in [1.54, 1.807) is 0 Å². The molecular formula is C15H21N3. The van der Waals surface area contributed by atoms with E-state index in [0.717, 1.165) is 6.54 Å². The van der Waals surface area contributed by atoms with Crippen LogP contribution in [0.25, 0.3) is 0 Å². The molecule has 0 bridgehead atoms. The molecule has 0 fully saturated rings. The zero-order chi connectivity index (χ0) is 13.0. The quantitative estimate of drug-likeness (QED) is 0.875. The highest BCUT2D eigenvalue weighted by Crippen LogP contribution is 2.17. The van der Waals surface area contributed by atoms with E-state index in [2.05, 4.69) is 61.6 Å². The van der Waals surface area contributed by atoms with Gasteiger partial charge in [-0.3, -0.25) is 4.68 Å². The molecular weight excluding hydrogens is 222 g/mol. The molecule has 0 aliphatic rings. The Morgan fingerprint density at radius 3 is 2.50 bits per heavy atom. The van der Waals surface area contributed by atoms with Crippen molar-refractivity contribution in [2.75, 3.05) is 6.54 Å². The van der Waals surface area contributed by atoms with E-state index < -0.39 is 0 Å². The number of hydrogen-bond acceptors (Lipinski definition) is 2. The minimum atomic E-state index is 0.252. The van der Waals surface area contributed by atoms with Gasteiger partial charge in [0, 0.05) is 18.8 Å². The maximum absolute atomic E-state index is 4.45. The van der Waals surface area contributed by atoms with E-state index in [1.165, 1.54) is 11.1 Å². The summed E-state index contributed by atoms with van der Waals surface area (Å²) in [4.78, 5) is 0. The minimum absolute atomic E-state index is 0.252. The van der Waals surface area contributed by atoms with Crippen LogP contribution in [-0.2, 0) is 0 Å². The molecule has 0 aliphatic carbocycles. The molecule has 0 spiro atoms. The minimum Gasteiger partial charge on any atom is -0.312 e. The molecule has 1 atom stereocenters. The second-order valence-electron chi connectivity index (χ2n) is 4.99. The fraction of sp³-hybridized carbons (Fsp3) is 0.400. The van der Waals surface area contributed by atoms with E-state index in [1.807, 2.05) is 16.9 Å². The Balaban J connectivity index is 2.23. The summed E-state index contributed by atoms with van der Waals surface area (Å²) in [5, 5.41) is 7.94. The number of aryl methyl sites for hydroxylation is 1. The number of aromatic nitrogens is 2. The van der Waals surface area contributed by atoms with Gasteiger partial charge in [-0.2, -0.15) is 5.10 Å². The molecule has 96 valence electrons. The summed E-state index contributed by atoms with van der Waals surface area (Å²) >= 11 is 0. The van der Waals surface area contributed by atoms with Crippen molar-refractivity contribution >= 4 is 0 Å². The van der Waals surface area contributed by atoms with Gasteiger partial charge in [0.15, 0.2) is 0 Å². The van der Waals surface area contributed by atoms with E-state index >= 15 is 0 Å². The molecule has 18 heavy (non-hydrogen) atoms. The van der Waals surface area contributed by atoms with Crippen molar-refractivity contribution in [2.24, 2.45) is 0 Å². The predicted molar refractivity (Wildman–Crippen MR) is 74.7 cm³/mol. The third kappa shape index (κ3) is 3.20. The number of benzene rings is 1. The average Bonchev–Trinajstić information content (AvgIpc) is 2.77. The first kappa shape index (κ1) is 12.8. The van der Waals surface area contributed by atoms with Crippen molar-refractivity contribution in [2.45, 2.75) is 32.9 Å². The van der Waals surface area contributed by atoms with Crippen LogP contribution in [0.15, 0.2) is 42.7 Å². The summed E-state index contributed by atoms with van der Waals surface area (Å²) in [6.07, 6.45) is 4.00. The van der Waals surface area contributed by atoms with Crippen molar-refractivity contribution in [1.82, 2.24) is 15.1 Å². The van der Waals surface area contributed by atoms with Gasteiger partial charge in [-0.1, -0.05) is 44.2 Å². The molecule has 2 aromatic rings. The standard InChI is InChI=1S/C15H21N3/c1-12(2)16-10-15(14-7-5-4-6-8-14)18-11-13(3)9-17-18/h4-9,11-12,15-16H,10H2,1-3H3. The Bertz CT molecular complexity index is 473. The maximum atomic E-state index is 4.45. The van der Waals surface area contributed by atoms with E-state index in [9.17, 15) is 0 Å². The molecule has 1 unspecified atom stereocenters. The Morgan fingerprint density at radius 2 is 1.94 bits per heavy atom.